The summed E-state index contributed by atoms with van der Waals surface area (Å²) in [6.45, 7) is 0.451. The van der Waals surface area contributed by atoms with Crippen molar-refractivity contribution in [1.82, 2.24) is 19.7 Å². The van der Waals surface area contributed by atoms with E-state index >= 15 is 0 Å². The molecule has 0 fully saturated rings. The second kappa shape index (κ2) is 4.40. The maximum Gasteiger partial charge on any atom is 0.270 e. The van der Waals surface area contributed by atoms with Crippen LogP contribution in [0, 0.1) is 0 Å². The van der Waals surface area contributed by atoms with E-state index in [1.807, 2.05) is 18.2 Å². The third kappa shape index (κ3) is 1.86. The molecule has 0 radical (unpaired) electrons. The van der Waals surface area contributed by atoms with Crippen LogP contribution in [0.3, 0.4) is 0 Å². The lowest BCUT2D eigenvalue weighted by Crippen LogP contribution is -2.17. The van der Waals surface area contributed by atoms with E-state index in [4.69, 9.17) is 5.73 Å². The Labute approximate surface area is 109 Å². The molecule has 2 aromatic heterocycles. The van der Waals surface area contributed by atoms with Gasteiger partial charge in [0, 0.05) is 18.2 Å². The monoisotopic (exact) mass is 257 g/mol. The highest BCUT2D eigenvalue weighted by molar-refractivity contribution is 5.81. The highest BCUT2D eigenvalue weighted by atomic mass is 16.1. The molecular weight excluding hydrogens is 242 g/mol. The summed E-state index contributed by atoms with van der Waals surface area (Å²) >= 11 is 0. The zero-order valence-electron chi connectivity index (χ0n) is 10.6. The molecule has 6 nitrogen and oxygen atoms in total. The lowest BCUT2D eigenvalue weighted by molar-refractivity contribution is 0.739. The standard InChI is InChI=1S/C13H15N5O/c1-18-13(19)9(4-5-14)12(17-18)8-2-3-10-11(6-8)16-7-15-10/h2-3,6-7,17H,4-5,14H2,1H3,(H,15,16). The maximum atomic E-state index is 12.0. The lowest BCUT2D eigenvalue weighted by atomic mass is 10.1. The summed E-state index contributed by atoms with van der Waals surface area (Å²) in [6, 6.07) is 5.86. The Bertz CT molecular complexity index is 780. The van der Waals surface area contributed by atoms with Crippen LogP contribution in [0.5, 0.6) is 0 Å². The predicted molar refractivity (Wildman–Crippen MR) is 73.9 cm³/mol. The molecule has 2 heterocycles. The number of nitrogens with two attached hydrogens (primary N) is 1. The molecule has 0 aliphatic carbocycles. The second-order valence-electron chi connectivity index (χ2n) is 4.50. The molecule has 3 aromatic rings. The van der Waals surface area contributed by atoms with Crippen LogP contribution >= 0.6 is 0 Å². The third-order valence-corrected chi connectivity index (χ3v) is 3.25. The van der Waals surface area contributed by atoms with Gasteiger partial charge in [-0.3, -0.25) is 14.6 Å². The van der Waals surface area contributed by atoms with Crippen molar-refractivity contribution in [3.63, 3.8) is 0 Å². The number of hydrogen-bond donors (Lipinski definition) is 3. The number of imidazole rings is 1. The first-order chi connectivity index (χ1) is 9.20. The van der Waals surface area contributed by atoms with Crippen molar-refractivity contribution in [2.75, 3.05) is 6.54 Å². The summed E-state index contributed by atoms with van der Waals surface area (Å²) in [7, 11) is 1.71. The molecule has 0 saturated carbocycles. The second-order valence-corrected chi connectivity index (χ2v) is 4.50. The van der Waals surface area contributed by atoms with E-state index in [0.717, 1.165) is 27.9 Å². The molecule has 4 N–H and O–H groups in total. The topological polar surface area (TPSA) is 92.5 Å². The lowest BCUT2D eigenvalue weighted by Gasteiger charge is -2.01. The molecule has 3 rings (SSSR count). The predicted octanol–water partition coefficient (Wildman–Crippen LogP) is 0.758. The van der Waals surface area contributed by atoms with Crippen LogP contribution in [-0.2, 0) is 13.5 Å². The fraction of sp³-hybridized carbons (Fsp3) is 0.231. The number of hydrogen-bond acceptors (Lipinski definition) is 3. The quantitative estimate of drug-likeness (QED) is 0.646. The Balaban J connectivity index is 2.19. The summed E-state index contributed by atoms with van der Waals surface area (Å²) in [5.74, 6) is 0. The van der Waals surface area contributed by atoms with Crippen molar-refractivity contribution in [3.8, 4) is 11.3 Å². The van der Waals surface area contributed by atoms with Crippen molar-refractivity contribution in [2.24, 2.45) is 12.8 Å². The molecule has 0 amide bonds. The van der Waals surface area contributed by atoms with Gasteiger partial charge in [-0.1, -0.05) is 6.07 Å². The largest absolute Gasteiger partial charge is 0.345 e. The zero-order valence-corrected chi connectivity index (χ0v) is 10.6. The van der Waals surface area contributed by atoms with Gasteiger partial charge in [-0.15, -0.1) is 0 Å². The fourth-order valence-corrected chi connectivity index (χ4v) is 2.30. The summed E-state index contributed by atoms with van der Waals surface area (Å²) in [5.41, 5.74) is 9.92. The Hall–Kier alpha value is -2.34. The van der Waals surface area contributed by atoms with Gasteiger partial charge in [0.2, 0.25) is 0 Å². The van der Waals surface area contributed by atoms with Crippen molar-refractivity contribution < 1.29 is 0 Å². The van der Waals surface area contributed by atoms with E-state index in [-0.39, 0.29) is 5.56 Å². The minimum atomic E-state index is -0.0230. The van der Waals surface area contributed by atoms with Gasteiger partial charge in [0.15, 0.2) is 0 Å². The van der Waals surface area contributed by atoms with E-state index < -0.39 is 0 Å². The molecule has 0 aliphatic rings. The number of rotatable bonds is 3. The average molecular weight is 257 g/mol. The van der Waals surface area contributed by atoms with Gasteiger partial charge < -0.3 is 10.7 Å². The molecule has 6 heteroatoms. The van der Waals surface area contributed by atoms with Crippen LogP contribution in [0.1, 0.15) is 5.56 Å². The molecule has 0 aliphatic heterocycles. The van der Waals surface area contributed by atoms with Gasteiger partial charge >= 0.3 is 0 Å². The van der Waals surface area contributed by atoms with Crippen LogP contribution in [-0.4, -0.2) is 26.3 Å². The highest BCUT2D eigenvalue weighted by Gasteiger charge is 2.13. The third-order valence-electron chi connectivity index (χ3n) is 3.25. The van der Waals surface area contributed by atoms with Gasteiger partial charge in [0.25, 0.3) is 5.56 Å². The van der Waals surface area contributed by atoms with E-state index in [9.17, 15) is 4.79 Å². The van der Waals surface area contributed by atoms with Crippen molar-refractivity contribution in [3.05, 3.63) is 40.4 Å². The van der Waals surface area contributed by atoms with Crippen LogP contribution in [0.25, 0.3) is 22.3 Å². The summed E-state index contributed by atoms with van der Waals surface area (Å²) in [5, 5.41) is 3.09. The SMILES string of the molecule is Cn1[nH]c(-c2ccc3nc[nH]c3c2)c(CCN)c1=O. The summed E-state index contributed by atoms with van der Waals surface area (Å²) in [4.78, 5) is 19.3. The molecular formula is C13H15N5O. The van der Waals surface area contributed by atoms with Crippen LogP contribution in [0.2, 0.25) is 0 Å². The highest BCUT2D eigenvalue weighted by Crippen LogP contribution is 2.23. The van der Waals surface area contributed by atoms with E-state index in [1.54, 1.807) is 13.4 Å². The number of fused-ring (bicyclic) bond motifs is 1. The zero-order chi connectivity index (χ0) is 13.4. The Kier molecular flexibility index (Phi) is 2.72. The molecule has 0 saturated heterocycles. The number of aromatic amines is 2. The minimum Gasteiger partial charge on any atom is -0.345 e. The number of benzene rings is 1. The van der Waals surface area contributed by atoms with Crippen LogP contribution < -0.4 is 11.3 Å². The molecule has 98 valence electrons. The van der Waals surface area contributed by atoms with Crippen molar-refractivity contribution >= 4 is 11.0 Å². The number of aromatic nitrogens is 4. The van der Waals surface area contributed by atoms with Crippen LogP contribution in [0.4, 0.5) is 0 Å². The smallest absolute Gasteiger partial charge is 0.270 e. The summed E-state index contributed by atoms with van der Waals surface area (Å²) in [6.07, 6.45) is 2.22. The van der Waals surface area contributed by atoms with E-state index in [2.05, 4.69) is 15.1 Å². The van der Waals surface area contributed by atoms with Gasteiger partial charge in [-0.25, -0.2) is 4.98 Å². The number of aryl methyl sites for hydroxylation is 1. The first-order valence-electron chi connectivity index (χ1n) is 6.12. The van der Waals surface area contributed by atoms with E-state index in [1.165, 1.54) is 4.68 Å². The molecule has 0 atom stereocenters. The fourth-order valence-electron chi connectivity index (χ4n) is 2.30. The molecule has 1 aromatic carbocycles. The van der Waals surface area contributed by atoms with Gasteiger partial charge in [-0.2, -0.15) is 0 Å². The van der Waals surface area contributed by atoms with E-state index in [0.29, 0.717) is 13.0 Å². The van der Waals surface area contributed by atoms with Gasteiger partial charge in [0.05, 0.1) is 23.1 Å². The molecule has 19 heavy (non-hydrogen) atoms. The first-order valence-corrected chi connectivity index (χ1v) is 6.12. The van der Waals surface area contributed by atoms with Gasteiger partial charge in [0.1, 0.15) is 0 Å². The number of H-pyrrole nitrogens is 2. The van der Waals surface area contributed by atoms with Crippen LogP contribution in [0.15, 0.2) is 29.3 Å². The maximum absolute atomic E-state index is 12.0. The Morgan fingerprint density at radius 3 is 3.05 bits per heavy atom. The molecule has 0 spiro atoms. The minimum absolute atomic E-state index is 0.0230. The van der Waals surface area contributed by atoms with Gasteiger partial charge in [-0.05, 0) is 25.1 Å². The van der Waals surface area contributed by atoms with Crippen molar-refractivity contribution in [2.45, 2.75) is 6.42 Å². The Morgan fingerprint density at radius 2 is 2.26 bits per heavy atom. The number of nitrogens with one attached hydrogen (secondary N) is 2. The Morgan fingerprint density at radius 1 is 1.42 bits per heavy atom. The van der Waals surface area contributed by atoms with Crippen molar-refractivity contribution in [1.29, 1.82) is 0 Å². The first kappa shape index (κ1) is 11.7. The molecule has 0 unspecified atom stereocenters. The average Bonchev–Trinajstić information content (AvgIpc) is 2.98. The normalized spacial score (nSPS) is 11.3. The number of nitrogens with zero attached hydrogens (tertiary/aromatic N) is 2. The summed E-state index contributed by atoms with van der Waals surface area (Å²) < 4.78 is 1.48. The molecule has 0 bridgehead atoms.